The summed E-state index contributed by atoms with van der Waals surface area (Å²) in [6.45, 7) is 4.00. The molecule has 0 bridgehead atoms. The predicted molar refractivity (Wildman–Crippen MR) is 73.6 cm³/mol. The first-order valence-corrected chi connectivity index (χ1v) is 5.88. The number of allylic oxidation sites excluding steroid dienone is 2. The molecule has 3 rings (SSSR count). The lowest BCUT2D eigenvalue weighted by molar-refractivity contribution is 1.33. The summed E-state index contributed by atoms with van der Waals surface area (Å²) in [5.41, 5.74) is 5.16. The first-order chi connectivity index (χ1) is 7.95. The fraction of sp³-hybridized carbons (Fsp3) is 0.200. The van der Waals surface area contributed by atoms with Crippen molar-refractivity contribution >= 4 is 12.2 Å². The van der Waals surface area contributed by atoms with Gasteiger partial charge in [-0.25, -0.2) is 0 Å². The number of H-pyrrole nitrogens is 1. The van der Waals surface area contributed by atoms with Crippen molar-refractivity contribution in [2.24, 2.45) is 0 Å². The summed E-state index contributed by atoms with van der Waals surface area (Å²) in [4.78, 5) is 3.30. The summed E-state index contributed by atoms with van der Waals surface area (Å²) in [6, 6.07) is 6.41. The molecule has 0 amide bonds. The second kappa shape index (κ2) is 4.84. The second-order valence-electron chi connectivity index (χ2n) is 3.55. The molecule has 0 saturated carbocycles. The Labute approximate surface area is 98.3 Å². The Bertz CT molecular complexity index is 494. The normalized spacial score (nSPS) is 12.9. The third kappa shape index (κ3) is 1.81. The van der Waals surface area contributed by atoms with Crippen LogP contribution in [-0.2, 0) is 0 Å². The van der Waals surface area contributed by atoms with E-state index in [9.17, 15) is 0 Å². The van der Waals surface area contributed by atoms with E-state index in [1.165, 1.54) is 22.4 Å². The van der Waals surface area contributed by atoms with Gasteiger partial charge < -0.3 is 4.98 Å². The molecule has 0 unspecified atom stereocenters. The van der Waals surface area contributed by atoms with E-state index in [-0.39, 0.29) is 1.43 Å². The van der Waals surface area contributed by atoms with Gasteiger partial charge in [0.2, 0.25) is 0 Å². The van der Waals surface area contributed by atoms with Crippen LogP contribution in [0, 0.1) is 0 Å². The summed E-state index contributed by atoms with van der Waals surface area (Å²) in [7, 11) is 0. The number of hydrogen-bond donors (Lipinski definition) is 1. The van der Waals surface area contributed by atoms with E-state index in [1.54, 1.807) is 0 Å². The van der Waals surface area contributed by atoms with Crippen molar-refractivity contribution in [2.75, 3.05) is 0 Å². The first kappa shape index (κ1) is 10.7. The lowest BCUT2D eigenvalue weighted by Crippen LogP contribution is -1.81. The van der Waals surface area contributed by atoms with Crippen LogP contribution < -0.4 is 0 Å². The zero-order chi connectivity index (χ0) is 11.4. The molecular weight excluding hydrogens is 194 g/mol. The van der Waals surface area contributed by atoms with E-state index in [0.29, 0.717) is 0 Å². The van der Waals surface area contributed by atoms with E-state index < -0.39 is 0 Å². The Morgan fingerprint density at radius 3 is 2.88 bits per heavy atom. The van der Waals surface area contributed by atoms with Gasteiger partial charge in [-0.15, -0.1) is 0 Å². The monoisotopic (exact) mass is 213 g/mol. The third-order valence-electron chi connectivity index (χ3n) is 2.63. The largest absolute Gasteiger partial charge is 0.361 e. The summed E-state index contributed by atoms with van der Waals surface area (Å²) in [5.74, 6) is 0. The number of fused-ring (bicyclic) bond motifs is 3. The SMILES string of the molecule is C1=Cc2cc3ccc[nH]c-3c2C=CC1.CC.[HH]. The molecule has 2 aliphatic carbocycles. The molecule has 0 atom stereocenters. The molecule has 0 aromatic rings. The van der Waals surface area contributed by atoms with Crippen molar-refractivity contribution in [2.45, 2.75) is 20.3 Å². The first-order valence-electron chi connectivity index (χ1n) is 5.88. The Balaban J connectivity index is 0.000000459. The Kier molecular flexibility index (Phi) is 3.25. The van der Waals surface area contributed by atoms with Crippen LogP contribution >= 0.6 is 0 Å². The number of rotatable bonds is 0. The third-order valence-corrected chi connectivity index (χ3v) is 2.63. The van der Waals surface area contributed by atoms with Gasteiger partial charge in [0, 0.05) is 13.2 Å². The average molecular weight is 213 g/mol. The van der Waals surface area contributed by atoms with Crippen LogP contribution in [0.25, 0.3) is 23.4 Å². The molecular formula is C15H19N. The van der Waals surface area contributed by atoms with Crippen molar-refractivity contribution in [3.8, 4) is 11.3 Å². The highest BCUT2D eigenvalue weighted by Crippen LogP contribution is 2.32. The number of hydrogen-bond acceptors (Lipinski definition) is 0. The van der Waals surface area contributed by atoms with Crippen molar-refractivity contribution in [1.82, 2.24) is 4.98 Å². The maximum absolute atomic E-state index is 3.30. The smallest absolute Gasteiger partial charge is 0.0533 e. The van der Waals surface area contributed by atoms with E-state index in [0.717, 1.165) is 6.42 Å². The quantitative estimate of drug-likeness (QED) is 0.645. The molecule has 1 N–H and O–H groups in total. The Hall–Kier alpha value is -1.76. The van der Waals surface area contributed by atoms with E-state index in [1.807, 2.05) is 26.1 Å². The molecule has 3 aliphatic rings. The number of aromatic amines is 1. The van der Waals surface area contributed by atoms with Gasteiger partial charge in [-0.2, -0.15) is 0 Å². The van der Waals surface area contributed by atoms with Crippen LogP contribution in [0.3, 0.4) is 0 Å². The van der Waals surface area contributed by atoms with Crippen LogP contribution in [0.15, 0.2) is 36.5 Å². The van der Waals surface area contributed by atoms with Crippen LogP contribution in [0.2, 0.25) is 0 Å². The topological polar surface area (TPSA) is 15.8 Å². The van der Waals surface area contributed by atoms with Crippen molar-refractivity contribution in [1.29, 1.82) is 0 Å². The molecule has 0 spiro atoms. The zero-order valence-electron chi connectivity index (χ0n) is 9.83. The van der Waals surface area contributed by atoms with Gasteiger partial charge in [0.25, 0.3) is 0 Å². The molecule has 0 aromatic heterocycles. The summed E-state index contributed by atoms with van der Waals surface area (Å²) in [6.07, 6.45) is 11.8. The van der Waals surface area contributed by atoms with E-state index >= 15 is 0 Å². The minimum Gasteiger partial charge on any atom is -0.361 e. The van der Waals surface area contributed by atoms with Crippen LogP contribution in [0.4, 0.5) is 0 Å². The molecule has 1 heterocycles. The molecule has 84 valence electrons. The van der Waals surface area contributed by atoms with Crippen molar-refractivity contribution in [3.63, 3.8) is 0 Å². The summed E-state index contributed by atoms with van der Waals surface area (Å²) >= 11 is 0. The molecule has 1 nitrogen and oxygen atoms in total. The van der Waals surface area contributed by atoms with Gasteiger partial charge in [0.15, 0.2) is 0 Å². The average Bonchev–Trinajstić information content (AvgIpc) is 2.54. The molecule has 0 saturated heterocycles. The summed E-state index contributed by atoms with van der Waals surface area (Å²) < 4.78 is 0. The maximum atomic E-state index is 3.30. The summed E-state index contributed by atoms with van der Waals surface area (Å²) in [5, 5.41) is 0. The standard InChI is InChI=1S/C13H11N.C2H6.H2/c1-2-5-10-9-11-6-4-8-14-13(11)12(10)7-3-1;1-2;/h2-9,14H,1H2;1-2H3;1H. The highest BCUT2D eigenvalue weighted by Gasteiger charge is 2.12. The minimum absolute atomic E-state index is 0. The molecule has 0 fully saturated rings. The van der Waals surface area contributed by atoms with E-state index in [4.69, 9.17) is 0 Å². The van der Waals surface area contributed by atoms with Gasteiger partial charge in [-0.1, -0.05) is 44.2 Å². The Morgan fingerprint density at radius 2 is 2.00 bits per heavy atom. The predicted octanol–water partition coefficient (Wildman–Crippen LogP) is 4.82. The van der Waals surface area contributed by atoms with Gasteiger partial charge >= 0.3 is 0 Å². The molecule has 16 heavy (non-hydrogen) atoms. The lowest BCUT2D eigenvalue weighted by atomic mass is 10.1. The Morgan fingerprint density at radius 1 is 1.19 bits per heavy atom. The van der Waals surface area contributed by atoms with Crippen molar-refractivity contribution in [3.05, 3.63) is 47.7 Å². The number of pyridine rings is 1. The molecule has 0 radical (unpaired) electrons. The molecule has 0 aromatic carbocycles. The van der Waals surface area contributed by atoms with Gasteiger partial charge in [0.1, 0.15) is 0 Å². The fourth-order valence-corrected chi connectivity index (χ4v) is 1.97. The minimum atomic E-state index is 0. The van der Waals surface area contributed by atoms with Crippen molar-refractivity contribution < 1.29 is 1.43 Å². The molecule has 1 aliphatic heterocycles. The zero-order valence-corrected chi connectivity index (χ0v) is 9.83. The van der Waals surface area contributed by atoms with Gasteiger partial charge in [-0.05, 0) is 29.7 Å². The maximum Gasteiger partial charge on any atom is 0.0533 e. The van der Waals surface area contributed by atoms with Gasteiger partial charge in [-0.3, -0.25) is 0 Å². The number of nitrogens with one attached hydrogen (secondary N) is 1. The highest BCUT2D eigenvalue weighted by atomic mass is 14.7. The van der Waals surface area contributed by atoms with Crippen LogP contribution in [-0.4, -0.2) is 4.98 Å². The second-order valence-corrected chi connectivity index (χ2v) is 3.55. The van der Waals surface area contributed by atoms with Crippen LogP contribution in [0.1, 0.15) is 32.8 Å². The van der Waals surface area contributed by atoms with E-state index in [2.05, 4.69) is 41.4 Å². The number of aromatic nitrogens is 1. The van der Waals surface area contributed by atoms with Crippen LogP contribution in [0.5, 0.6) is 0 Å². The lowest BCUT2D eigenvalue weighted by Gasteiger charge is -1.99. The fourth-order valence-electron chi connectivity index (χ4n) is 1.97. The highest BCUT2D eigenvalue weighted by molar-refractivity contribution is 5.84. The molecule has 1 heteroatoms. The van der Waals surface area contributed by atoms with Gasteiger partial charge in [0.05, 0.1) is 5.69 Å².